The van der Waals surface area contributed by atoms with Crippen LogP contribution < -0.4 is 24.8 Å². The van der Waals surface area contributed by atoms with Gasteiger partial charge < -0.3 is 24.8 Å². The van der Waals surface area contributed by atoms with Crippen molar-refractivity contribution in [2.24, 2.45) is 0 Å². The van der Waals surface area contributed by atoms with Gasteiger partial charge >= 0.3 is 117 Å². The van der Waals surface area contributed by atoms with Gasteiger partial charge in [-0.1, -0.05) is 0 Å². The maximum absolute atomic E-state index is 2.34. The van der Waals surface area contributed by atoms with E-state index in [0.29, 0.717) is 0 Å². The summed E-state index contributed by atoms with van der Waals surface area (Å²) in [6.45, 7) is 13.9. The average Bonchev–Trinajstić information content (AvgIpc) is 2.66. The summed E-state index contributed by atoms with van der Waals surface area (Å²) < 4.78 is 3.69. The summed E-state index contributed by atoms with van der Waals surface area (Å²) in [6, 6.07) is 0. The minimum Gasteiger partial charge on any atom is -1.00 e. The molecule has 0 nitrogen and oxygen atoms in total. The van der Waals surface area contributed by atoms with E-state index in [9.17, 15) is 0 Å². The average molecular weight is 464 g/mol. The number of hydrogen-bond acceptors (Lipinski definition) is 0. The molecule has 0 fully saturated rings. The van der Waals surface area contributed by atoms with E-state index in [1.165, 1.54) is 12.8 Å². The number of rotatable bonds is 2. The molecule has 0 aromatic heterocycles. The van der Waals surface area contributed by atoms with Crippen LogP contribution in [0.4, 0.5) is 0 Å². The van der Waals surface area contributed by atoms with Crippen molar-refractivity contribution < 1.29 is 47.7 Å². The van der Waals surface area contributed by atoms with Gasteiger partial charge in [0.2, 0.25) is 0 Å². The number of hydrogen-bond donors (Lipinski definition) is 0. The molecule has 0 radical (unpaired) electrons. The monoisotopic (exact) mass is 464 g/mol. The molecular weight excluding hydrogens is 442 g/mol. The molecule has 0 aromatic carbocycles. The van der Waals surface area contributed by atoms with E-state index in [4.69, 9.17) is 0 Å². The summed E-state index contributed by atoms with van der Waals surface area (Å²) in [5.74, 6) is 0. The molecule has 0 heterocycles. The van der Waals surface area contributed by atoms with Gasteiger partial charge in [-0.05, 0) is 0 Å². The van der Waals surface area contributed by atoms with Crippen LogP contribution in [0.5, 0.6) is 0 Å². The second-order valence-corrected chi connectivity index (χ2v) is 10.7. The molecule has 0 N–H and O–H groups in total. The van der Waals surface area contributed by atoms with E-state index in [1.54, 1.807) is 33.4 Å². The van der Waals surface area contributed by atoms with Crippen molar-refractivity contribution in [3.8, 4) is 0 Å². The zero-order valence-corrected chi connectivity index (χ0v) is 17.8. The van der Waals surface area contributed by atoms with Gasteiger partial charge in [-0.15, -0.1) is 0 Å². The molecule has 2 rings (SSSR count). The predicted octanol–water partition coefficient (Wildman–Crippen LogP) is -0.895. The van der Waals surface area contributed by atoms with Crippen molar-refractivity contribution in [3.63, 3.8) is 0 Å². The quantitative estimate of drug-likeness (QED) is 0.466. The van der Waals surface area contributed by atoms with E-state index in [-0.39, 0.29) is 24.8 Å². The third-order valence-corrected chi connectivity index (χ3v) is 10.6. The zero-order valence-electron chi connectivity index (χ0n) is 12.7. The van der Waals surface area contributed by atoms with Crippen LogP contribution in [0.3, 0.4) is 0 Å². The van der Waals surface area contributed by atoms with Crippen molar-refractivity contribution >= 4 is 0 Å². The standard InChI is InChI=1S/2C8H11.2ClH.Hf/c2*1-6-4-5-7(2)8(6)3;;;/h2*4H2,1-3H3;2*1H;/q;;;;+2/p-2. The van der Waals surface area contributed by atoms with Gasteiger partial charge in [-0.25, -0.2) is 0 Å². The number of allylic oxidation sites excluding steroid dienone is 8. The molecule has 2 aliphatic carbocycles. The minimum absolute atomic E-state index is 0. The second-order valence-electron chi connectivity index (χ2n) is 5.50. The molecule has 0 saturated carbocycles. The van der Waals surface area contributed by atoms with Gasteiger partial charge in [-0.3, -0.25) is 0 Å². The van der Waals surface area contributed by atoms with Crippen molar-refractivity contribution in [1.82, 2.24) is 0 Å². The molecular formula is C16H22Cl2Hf. The Hall–Kier alpha value is 0.410. The van der Waals surface area contributed by atoms with Crippen LogP contribution in [-0.4, -0.2) is 0 Å². The fourth-order valence-electron chi connectivity index (χ4n) is 2.61. The maximum atomic E-state index is 2.34. The topological polar surface area (TPSA) is 0 Å². The molecule has 104 valence electrons. The van der Waals surface area contributed by atoms with Crippen LogP contribution in [0.15, 0.2) is 40.1 Å². The van der Waals surface area contributed by atoms with Crippen molar-refractivity contribution in [3.05, 3.63) is 40.1 Å². The summed E-state index contributed by atoms with van der Waals surface area (Å²) >= 11 is -0.733. The third kappa shape index (κ3) is 3.74. The van der Waals surface area contributed by atoms with E-state index in [2.05, 4.69) is 41.5 Å². The predicted molar refractivity (Wildman–Crippen MR) is 71.4 cm³/mol. The Kier molecular flexibility index (Phi) is 7.59. The molecule has 0 aromatic rings. The largest absolute Gasteiger partial charge is 1.00 e. The summed E-state index contributed by atoms with van der Waals surface area (Å²) in [6.07, 6.45) is 2.57. The Morgan fingerprint density at radius 3 is 1.11 bits per heavy atom. The first kappa shape index (κ1) is 19.4. The van der Waals surface area contributed by atoms with Crippen LogP contribution in [0.25, 0.3) is 0 Å². The molecule has 0 amide bonds. The SMILES string of the molecule is CC1=C(C)C(C)=[C]([Hf+2][C]2=C(C)C(C)=C(C)C2)C1.[Cl-].[Cl-]. The van der Waals surface area contributed by atoms with E-state index in [1.807, 2.05) is 6.66 Å². The maximum Gasteiger partial charge on any atom is -1.00 e. The third-order valence-electron chi connectivity index (χ3n) is 4.50. The Bertz CT molecular complexity index is 459. The second kappa shape index (κ2) is 7.43. The Morgan fingerprint density at radius 2 is 0.895 bits per heavy atom. The first-order valence-corrected chi connectivity index (χ1v) is 10.0. The fraction of sp³-hybridized carbons (Fsp3) is 0.500. The first-order chi connectivity index (χ1) is 7.91. The fourth-order valence-corrected chi connectivity index (χ4v) is 9.16. The van der Waals surface area contributed by atoms with Crippen LogP contribution in [-0.2, 0) is 22.9 Å². The van der Waals surface area contributed by atoms with Crippen molar-refractivity contribution in [2.75, 3.05) is 0 Å². The van der Waals surface area contributed by atoms with Crippen molar-refractivity contribution in [1.29, 1.82) is 0 Å². The van der Waals surface area contributed by atoms with E-state index < -0.39 is 22.9 Å². The Labute approximate surface area is 141 Å². The molecule has 0 spiro atoms. The zero-order chi connectivity index (χ0) is 12.7. The summed E-state index contributed by atoms with van der Waals surface area (Å²) in [5.41, 5.74) is 9.64. The molecule has 0 unspecified atom stereocenters. The van der Waals surface area contributed by atoms with Crippen molar-refractivity contribution in [2.45, 2.75) is 54.4 Å². The van der Waals surface area contributed by atoms with E-state index >= 15 is 0 Å². The van der Waals surface area contributed by atoms with Gasteiger partial charge in [0.25, 0.3) is 0 Å². The molecule has 0 atom stereocenters. The Morgan fingerprint density at radius 1 is 0.579 bits per heavy atom. The van der Waals surface area contributed by atoms with Crippen LogP contribution in [0.1, 0.15) is 54.4 Å². The normalized spacial score (nSPS) is 18.8. The molecule has 0 bridgehead atoms. The molecule has 3 heteroatoms. The molecule has 19 heavy (non-hydrogen) atoms. The Balaban J connectivity index is 0.00000162. The first-order valence-electron chi connectivity index (χ1n) is 6.41. The summed E-state index contributed by atoms with van der Waals surface area (Å²) in [5, 5.41) is 0. The van der Waals surface area contributed by atoms with Crippen LogP contribution in [0, 0.1) is 0 Å². The molecule has 0 aliphatic heterocycles. The van der Waals surface area contributed by atoms with Gasteiger partial charge in [-0.2, -0.15) is 0 Å². The van der Waals surface area contributed by atoms with E-state index in [0.717, 1.165) is 0 Å². The minimum atomic E-state index is -0.733. The van der Waals surface area contributed by atoms with Crippen LogP contribution in [0.2, 0.25) is 0 Å². The van der Waals surface area contributed by atoms with Gasteiger partial charge in [0.15, 0.2) is 0 Å². The van der Waals surface area contributed by atoms with Gasteiger partial charge in [0, 0.05) is 0 Å². The smallest absolute Gasteiger partial charge is 1.00 e. The number of halogens is 2. The molecule has 0 saturated heterocycles. The summed E-state index contributed by atoms with van der Waals surface area (Å²) in [7, 11) is 0. The molecule has 2 aliphatic rings. The van der Waals surface area contributed by atoms with Gasteiger partial charge in [0.05, 0.1) is 0 Å². The van der Waals surface area contributed by atoms with Gasteiger partial charge in [0.1, 0.15) is 0 Å². The summed E-state index contributed by atoms with van der Waals surface area (Å²) in [4.78, 5) is 0. The van der Waals surface area contributed by atoms with Crippen LogP contribution >= 0.6 is 0 Å².